The Morgan fingerprint density at radius 2 is 0.636 bits per heavy atom. The predicted octanol–water partition coefficient (Wildman–Crippen LogP) is 6.27. The van der Waals surface area contributed by atoms with E-state index >= 15 is 0 Å². The van der Waals surface area contributed by atoms with Crippen LogP contribution in [0.1, 0.15) is 101 Å². The quantitative estimate of drug-likeness (QED) is 0.463. The van der Waals surface area contributed by atoms with Crippen LogP contribution in [0.2, 0.25) is 0 Å². The lowest BCUT2D eigenvalue weighted by Gasteiger charge is -2.53. The molecular weight excluding hydrogens is 268 g/mol. The zero-order valence-electron chi connectivity index (χ0n) is 16.7. The van der Waals surface area contributed by atoms with Gasteiger partial charge in [-0.2, -0.15) is 0 Å². The summed E-state index contributed by atoms with van der Waals surface area (Å²) in [4.78, 5) is 0. The van der Waals surface area contributed by atoms with E-state index in [2.05, 4.69) is 66.7 Å². The first kappa shape index (κ1) is 16.8. The van der Waals surface area contributed by atoms with Crippen LogP contribution in [0.15, 0.2) is 0 Å². The third kappa shape index (κ3) is 1.65. The van der Waals surface area contributed by atoms with Gasteiger partial charge in [-0.3, -0.25) is 0 Å². The fourth-order valence-corrected chi connectivity index (χ4v) is 6.49. The van der Waals surface area contributed by atoms with Crippen molar-refractivity contribution in [1.29, 1.82) is 0 Å². The molecule has 0 spiro atoms. The molecule has 0 aromatic rings. The summed E-state index contributed by atoms with van der Waals surface area (Å²) < 4.78 is 4.25. The van der Waals surface area contributed by atoms with Crippen LogP contribution < -0.4 is 0 Å². The maximum atomic E-state index is 4.25. The molecule has 0 N–H and O–H groups in total. The maximum absolute atomic E-state index is 4.25. The van der Waals surface area contributed by atoms with E-state index in [-0.39, 0.29) is 0 Å². The van der Waals surface area contributed by atoms with Crippen LogP contribution >= 0.6 is 0 Å². The molecule has 0 atom stereocenters. The van der Waals surface area contributed by atoms with Crippen molar-refractivity contribution in [2.24, 2.45) is 16.2 Å². The van der Waals surface area contributed by atoms with Gasteiger partial charge in [-0.25, -0.2) is 0 Å². The largest absolute Gasteiger partial charge is 0.407 e. The molecule has 128 valence electrons. The highest BCUT2D eigenvalue weighted by atomic mass is 16.8. The summed E-state index contributed by atoms with van der Waals surface area (Å²) in [5.41, 5.74) is 2.02. The molecule has 0 aromatic heterocycles. The molecule has 0 aliphatic carbocycles. The van der Waals surface area contributed by atoms with Gasteiger partial charge in [0.1, 0.15) is 0 Å². The summed E-state index contributed by atoms with van der Waals surface area (Å²) >= 11 is 0. The van der Waals surface area contributed by atoms with Gasteiger partial charge in [0.15, 0.2) is 16.8 Å². The summed E-state index contributed by atoms with van der Waals surface area (Å²) in [6.07, 6.45) is 8.23. The molecule has 0 unspecified atom stereocenters. The van der Waals surface area contributed by atoms with E-state index in [0.29, 0.717) is 33.0 Å². The van der Waals surface area contributed by atoms with Gasteiger partial charge in [0.25, 0.3) is 0 Å². The normalized spacial score (nSPS) is 43.0. The Morgan fingerprint density at radius 1 is 0.455 bits per heavy atom. The van der Waals surface area contributed by atoms with Crippen molar-refractivity contribution < 1.29 is 4.37 Å². The molecule has 0 amide bonds. The molecule has 0 radical (unpaired) electrons. The molecule has 1 heteroatoms. The van der Waals surface area contributed by atoms with Crippen molar-refractivity contribution in [3.8, 4) is 0 Å². The molecule has 0 bridgehead atoms. The Labute approximate surface area is 138 Å². The molecule has 3 aliphatic heterocycles. The first-order valence-electron chi connectivity index (χ1n) is 9.48. The topological polar surface area (TPSA) is 2.70 Å². The van der Waals surface area contributed by atoms with Gasteiger partial charge < -0.3 is 4.37 Å². The molecule has 0 aromatic carbocycles. The molecule has 3 saturated heterocycles. The third-order valence-corrected chi connectivity index (χ3v) is 8.07. The van der Waals surface area contributed by atoms with Crippen LogP contribution in [0, 0.1) is 16.2 Å². The number of rotatable bonds is 0. The summed E-state index contributed by atoms with van der Waals surface area (Å²) in [5.74, 6) is 0. The van der Waals surface area contributed by atoms with Crippen LogP contribution in [0.3, 0.4) is 0 Å². The minimum Gasteiger partial charge on any atom is -0.407 e. The number of hydrogen-bond acceptors (Lipinski definition) is 0. The van der Waals surface area contributed by atoms with Crippen LogP contribution in [0.4, 0.5) is 0 Å². The summed E-state index contributed by atoms with van der Waals surface area (Å²) in [6.45, 7) is 22.3. The van der Waals surface area contributed by atoms with Crippen molar-refractivity contribution >= 4 is 0 Å². The van der Waals surface area contributed by atoms with Gasteiger partial charge >= 0.3 is 0 Å². The van der Waals surface area contributed by atoms with Crippen molar-refractivity contribution in [2.45, 2.75) is 118 Å². The van der Waals surface area contributed by atoms with Crippen LogP contribution in [-0.2, 0) is 4.37 Å². The Kier molecular flexibility index (Phi) is 3.16. The lowest BCUT2D eigenvalue weighted by Crippen LogP contribution is -2.59. The van der Waals surface area contributed by atoms with E-state index in [9.17, 15) is 0 Å². The van der Waals surface area contributed by atoms with E-state index in [1.54, 1.807) is 0 Å². The Bertz CT molecular complexity index is 382. The van der Waals surface area contributed by atoms with Gasteiger partial charge in [0, 0.05) is 54.8 Å². The highest BCUT2D eigenvalue weighted by Crippen LogP contribution is 2.76. The minimum absolute atomic E-state index is 0.335. The second-order valence-corrected chi connectivity index (χ2v) is 11.5. The highest BCUT2D eigenvalue weighted by molar-refractivity contribution is 5.23. The van der Waals surface area contributed by atoms with E-state index in [4.69, 9.17) is 0 Å². The molecule has 22 heavy (non-hydrogen) atoms. The lowest BCUT2D eigenvalue weighted by molar-refractivity contribution is -0.384. The lowest BCUT2D eigenvalue weighted by atomic mass is 9.71. The predicted molar refractivity (Wildman–Crippen MR) is 95.3 cm³/mol. The fraction of sp³-hybridized carbons (Fsp3) is 1.00. The first-order chi connectivity index (χ1) is 9.74. The second kappa shape index (κ2) is 4.13. The summed E-state index contributed by atoms with van der Waals surface area (Å²) in [6, 6.07) is 0. The SMILES string of the molecule is CC(C)(C)C12CCC3(C(C)(C)C)CCC(C(C)(C)C)(CC1)[O+]23. The van der Waals surface area contributed by atoms with Gasteiger partial charge in [0.2, 0.25) is 0 Å². The Balaban J connectivity index is 2.22. The summed E-state index contributed by atoms with van der Waals surface area (Å²) in [7, 11) is 0. The highest BCUT2D eigenvalue weighted by Gasteiger charge is 2.82. The zero-order chi connectivity index (χ0) is 16.8. The Hall–Kier alpha value is -0.0400. The second-order valence-electron chi connectivity index (χ2n) is 11.5. The van der Waals surface area contributed by atoms with Crippen molar-refractivity contribution in [3.63, 3.8) is 0 Å². The zero-order valence-corrected chi connectivity index (χ0v) is 16.7. The Morgan fingerprint density at radius 3 is 0.773 bits per heavy atom. The molecule has 3 rings (SSSR count). The molecule has 3 heterocycles. The molecule has 0 saturated carbocycles. The van der Waals surface area contributed by atoms with E-state index in [0.717, 1.165) is 0 Å². The van der Waals surface area contributed by atoms with Gasteiger partial charge in [-0.15, -0.1) is 0 Å². The van der Waals surface area contributed by atoms with E-state index < -0.39 is 0 Å². The number of hydrogen-bond donors (Lipinski definition) is 0. The van der Waals surface area contributed by atoms with Crippen molar-refractivity contribution in [3.05, 3.63) is 0 Å². The average Bonchev–Trinajstić information content (AvgIpc) is 2.91. The maximum Gasteiger partial charge on any atom is 0.172 e. The first-order valence-corrected chi connectivity index (χ1v) is 9.48. The smallest absolute Gasteiger partial charge is 0.172 e. The van der Waals surface area contributed by atoms with E-state index in [1.807, 2.05) is 0 Å². The van der Waals surface area contributed by atoms with E-state index in [1.165, 1.54) is 38.5 Å². The fourth-order valence-electron chi connectivity index (χ4n) is 6.49. The molecule has 3 fully saturated rings. The van der Waals surface area contributed by atoms with Crippen LogP contribution in [0.5, 0.6) is 0 Å². The minimum atomic E-state index is 0.335. The molecule has 3 aliphatic rings. The van der Waals surface area contributed by atoms with Crippen molar-refractivity contribution in [1.82, 2.24) is 0 Å². The third-order valence-electron chi connectivity index (χ3n) is 8.07. The molecular formula is C21H39O+. The van der Waals surface area contributed by atoms with Gasteiger partial charge in [0.05, 0.1) is 0 Å². The van der Waals surface area contributed by atoms with Crippen molar-refractivity contribution in [2.75, 3.05) is 0 Å². The average molecular weight is 308 g/mol. The van der Waals surface area contributed by atoms with Crippen LogP contribution in [-0.4, -0.2) is 16.8 Å². The van der Waals surface area contributed by atoms with Gasteiger partial charge in [-0.1, -0.05) is 62.3 Å². The van der Waals surface area contributed by atoms with Crippen LogP contribution in [0.25, 0.3) is 0 Å². The standard InChI is InChI=1S/C21H39O/c1-16(2,3)19-10-12-20(17(4,5)6)14-15-21(13-11-19,22(19)20)18(7,8)9/h10-15H2,1-9H3/q+1. The molecule has 1 nitrogen and oxygen atoms in total. The monoisotopic (exact) mass is 307 g/mol. The van der Waals surface area contributed by atoms with Gasteiger partial charge in [-0.05, 0) is 0 Å². The summed E-state index contributed by atoms with van der Waals surface area (Å²) in [5, 5.41) is 0.